The summed E-state index contributed by atoms with van der Waals surface area (Å²) in [7, 11) is 0. The Bertz CT molecular complexity index is 756. The number of hydrogen-bond acceptors (Lipinski definition) is 4. The third-order valence-corrected chi connectivity index (χ3v) is 4.13. The molecular formula is C19H26N4O2. The average molecular weight is 342 g/mol. The summed E-state index contributed by atoms with van der Waals surface area (Å²) < 4.78 is 0. The van der Waals surface area contributed by atoms with E-state index in [1.807, 2.05) is 26.0 Å². The number of aromatic amines is 1. The molecule has 1 unspecified atom stereocenters. The summed E-state index contributed by atoms with van der Waals surface area (Å²) in [4.78, 5) is 37.3. The number of aromatic nitrogens is 3. The zero-order valence-corrected chi connectivity index (χ0v) is 15.3. The lowest BCUT2D eigenvalue weighted by Crippen LogP contribution is -2.39. The molecule has 2 aromatic rings. The van der Waals surface area contributed by atoms with Gasteiger partial charge in [-0.2, -0.15) is 4.98 Å². The Kier molecular flexibility index (Phi) is 6.44. The number of amides is 1. The van der Waals surface area contributed by atoms with Crippen molar-refractivity contribution in [1.82, 2.24) is 19.9 Å². The van der Waals surface area contributed by atoms with Crippen LogP contribution in [0.4, 0.5) is 0 Å². The molecule has 6 heteroatoms. The molecule has 25 heavy (non-hydrogen) atoms. The Balaban J connectivity index is 2.32. The lowest BCUT2D eigenvalue weighted by atomic mass is 10.1. The fourth-order valence-corrected chi connectivity index (χ4v) is 2.65. The van der Waals surface area contributed by atoms with E-state index >= 15 is 0 Å². The molecule has 1 atom stereocenters. The number of nitrogens with one attached hydrogen (secondary N) is 1. The van der Waals surface area contributed by atoms with Gasteiger partial charge in [-0.1, -0.05) is 20.8 Å². The van der Waals surface area contributed by atoms with Crippen LogP contribution in [0.25, 0.3) is 0 Å². The number of hydrogen-bond donors (Lipinski definition) is 1. The number of rotatable bonds is 7. The van der Waals surface area contributed by atoms with E-state index in [9.17, 15) is 9.59 Å². The summed E-state index contributed by atoms with van der Waals surface area (Å²) in [5.74, 6) is 0.158. The van der Waals surface area contributed by atoms with Crippen molar-refractivity contribution in [2.24, 2.45) is 5.92 Å². The van der Waals surface area contributed by atoms with Crippen molar-refractivity contribution in [2.45, 2.75) is 53.1 Å². The van der Waals surface area contributed by atoms with E-state index < -0.39 is 5.69 Å². The summed E-state index contributed by atoms with van der Waals surface area (Å²) in [6, 6.07) is 5.51. The Morgan fingerprint density at radius 1 is 1.24 bits per heavy atom. The second-order valence-corrected chi connectivity index (χ2v) is 6.74. The van der Waals surface area contributed by atoms with Crippen molar-refractivity contribution >= 4 is 5.91 Å². The molecule has 2 heterocycles. The standard InChI is InChI=1S/C19H26N4O2/c1-5-14(4)23(12-15-6-8-20-9-7-15)18(24)17-11-16(10-13(2)3)21-19(25)22-17/h6-9,11,13-14H,5,10,12H2,1-4H3,(H,21,22,25). The summed E-state index contributed by atoms with van der Waals surface area (Å²) in [6.45, 7) is 8.63. The lowest BCUT2D eigenvalue weighted by Gasteiger charge is -2.28. The first-order valence-electron chi connectivity index (χ1n) is 8.70. The number of H-pyrrole nitrogens is 1. The van der Waals surface area contributed by atoms with Crippen molar-refractivity contribution in [1.29, 1.82) is 0 Å². The molecule has 134 valence electrons. The van der Waals surface area contributed by atoms with Gasteiger partial charge in [0, 0.05) is 30.7 Å². The number of carbonyl (C=O) groups excluding carboxylic acids is 1. The van der Waals surface area contributed by atoms with Crippen molar-refractivity contribution in [2.75, 3.05) is 0 Å². The average Bonchev–Trinajstić information content (AvgIpc) is 2.58. The zero-order chi connectivity index (χ0) is 18.4. The highest BCUT2D eigenvalue weighted by Crippen LogP contribution is 2.14. The molecular weight excluding hydrogens is 316 g/mol. The predicted octanol–water partition coefficient (Wildman–Crippen LogP) is 2.80. The van der Waals surface area contributed by atoms with E-state index in [2.05, 4.69) is 28.8 Å². The SMILES string of the molecule is CCC(C)N(Cc1ccncc1)C(=O)c1cc(CC(C)C)[nH]c(=O)n1. The van der Waals surface area contributed by atoms with Gasteiger partial charge in [0.2, 0.25) is 0 Å². The van der Waals surface area contributed by atoms with Crippen LogP contribution in [-0.2, 0) is 13.0 Å². The van der Waals surface area contributed by atoms with Gasteiger partial charge in [0.05, 0.1) is 0 Å². The normalized spacial score (nSPS) is 12.2. The summed E-state index contributed by atoms with van der Waals surface area (Å²) in [6.07, 6.45) is 4.94. The molecule has 0 fully saturated rings. The summed E-state index contributed by atoms with van der Waals surface area (Å²) >= 11 is 0. The highest BCUT2D eigenvalue weighted by molar-refractivity contribution is 5.92. The van der Waals surface area contributed by atoms with Crippen LogP contribution < -0.4 is 5.69 Å². The Hall–Kier alpha value is -2.50. The Morgan fingerprint density at radius 3 is 2.52 bits per heavy atom. The smallest absolute Gasteiger partial charge is 0.330 e. The van der Waals surface area contributed by atoms with Gasteiger partial charge in [0.15, 0.2) is 0 Å². The fourth-order valence-electron chi connectivity index (χ4n) is 2.65. The minimum atomic E-state index is -0.477. The quantitative estimate of drug-likeness (QED) is 0.839. The van der Waals surface area contributed by atoms with Gasteiger partial charge in [-0.15, -0.1) is 0 Å². The van der Waals surface area contributed by atoms with Crippen LogP contribution in [0.5, 0.6) is 0 Å². The van der Waals surface area contributed by atoms with E-state index in [4.69, 9.17) is 0 Å². The van der Waals surface area contributed by atoms with Crippen LogP contribution in [0.3, 0.4) is 0 Å². The Morgan fingerprint density at radius 2 is 1.92 bits per heavy atom. The van der Waals surface area contributed by atoms with E-state index in [1.54, 1.807) is 23.4 Å². The van der Waals surface area contributed by atoms with Crippen molar-refractivity contribution in [3.63, 3.8) is 0 Å². The maximum Gasteiger partial charge on any atom is 0.345 e. The molecule has 0 radical (unpaired) electrons. The van der Waals surface area contributed by atoms with Gasteiger partial charge in [-0.05, 0) is 49.4 Å². The lowest BCUT2D eigenvalue weighted by molar-refractivity contribution is 0.0664. The van der Waals surface area contributed by atoms with Gasteiger partial charge >= 0.3 is 5.69 Å². The second kappa shape index (κ2) is 8.55. The minimum absolute atomic E-state index is 0.0373. The van der Waals surface area contributed by atoms with Crippen molar-refractivity contribution in [3.8, 4) is 0 Å². The van der Waals surface area contributed by atoms with E-state index in [0.29, 0.717) is 18.9 Å². The van der Waals surface area contributed by atoms with E-state index in [1.165, 1.54) is 0 Å². The van der Waals surface area contributed by atoms with Crippen LogP contribution in [0.1, 0.15) is 55.9 Å². The van der Waals surface area contributed by atoms with Gasteiger partial charge < -0.3 is 9.88 Å². The van der Waals surface area contributed by atoms with Gasteiger partial charge in [-0.25, -0.2) is 4.79 Å². The van der Waals surface area contributed by atoms with Crippen molar-refractivity contribution < 1.29 is 4.79 Å². The molecule has 0 aromatic carbocycles. The first-order valence-corrected chi connectivity index (χ1v) is 8.70. The highest BCUT2D eigenvalue weighted by atomic mass is 16.2. The number of nitrogens with zero attached hydrogens (tertiary/aromatic N) is 3. The van der Waals surface area contributed by atoms with Crippen LogP contribution in [0, 0.1) is 5.92 Å². The number of pyridine rings is 1. The third-order valence-electron chi connectivity index (χ3n) is 4.13. The highest BCUT2D eigenvalue weighted by Gasteiger charge is 2.23. The molecule has 0 aliphatic rings. The summed E-state index contributed by atoms with van der Waals surface area (Å²) in [5.41, 5.74) is 1.46. The second-order valence-electron chi connectivity index (χ2n) is 6.74. The molecule has 2 rings (SSSR count). The molecule has 0 aliphatic carbocycles. The van der Waals surface area contributed by atoms with Gasteiger partial charge in [-0.3, -0.25) is 9.78 Å². The van der Waals surface area contributed by atoms with E-state index in [-0.39, 0.29) is 17.6 Å². The largest absolute Gasteiger partial charge is 0.345 e. The molecule has 0 aliphatic heterocycles. The maximum atomic E-state index is 13.0. The zero-order valence-electron chi connectivity index (χ0n) is 15.3. The fraction of sp³-hybridized carbons (Fsp3) is 0.474. The molecule has 2 aromatic heterocycles. The molecule has 0 saturated heterocycles. The summed E-state index contributed by atoms with van der Waals surface area (Å²) in [5, 5.41) is 0. The maximum absolute atomic E-state index is 13.0. The molecule has 6 nitrogen and oxygen atoms in total. The van der Waals surface area contributed by atoms with Crippen LogP contribution in [0.15, 0.2) is 35.4 Å². The predicted molar refractivity (Wildman–Crippen MR) is 97.3 cm³/mol. The monoisotopic (exact) mass is 342 g/mol. The van der Waals surface area contributed by atoms with Crippen LogP contribution in [-0.4, -0.2) is 31.8 Å². The first-order chi connectivity index (χ1) is 11.9. The molecule has 1 N–H and O–H groups in total. The van der Waals surface area contributed by atoms with Crippen molar-refractivity contribution in [3.05, 3.63) is 58.0 Å². The van der Waals surface area contributed by atoms with E-state index in [0.717, 1.165) is 17.7 Å². The topological polar surface area (TPSA) is 79.0 Å². The van der Waals surface area contributed by atoms with Crippen LogP contribution >= 0.6 is 0 Å². The molecule has 0 bridgehead atoms. The number of carbonyl (C=O) groups is 1. The van der Waals surface area contributed by atoms with Crippen LogP contribution in [0.2, 0.25) is 0 Å². The van der Waals surface area contributed by atoms with Gasteiger partial charge in [0.25, 0.3) is 5.91 Å². The Labute approximate surface area is 148 Å². The molecule has 0 spiro atoms. The minimum Gasteiger partial charge on any atom is -0.330 e. The first kappa shape index (κ1) is 18.8. The molecule has 1 amide bonds. The molecule has 0 saturated carbocycles. The van der Waals surface area contributed by atoms with Gasteiger partial charge in [0.1, 0.15) is 5.69 Å². The third kappa shape index (κ3) is 5.24.